The molecule has 2 amide bonds. The van der Waals surface area contributed by atoms with Gasteiger partial charge in [0, 0.05) is 17.3 Å². The average Bonchev–Trinajstić information content (AvgIpc) is 3.50. The van der Waals surface area contributed by atoms with Crippen LogP contribution in [0.4, 0.5) is 5.69 Å². The van der Waals surface area contributed by atoms with Crippen LogP contribution < -0.4 is 10.2 Å². The molecule has 2 aromatic heterocycles. The Bertz CT molecular complexity index is 1410. The first-order valence-electron chi connectivity index (χ1n) is 11.5. The summed E-state index contributed by atoms with van der Waals surface area (Å²) >= 11 is 6.00. The fraction of sp³-hybridized carbons (Fsp3) is 0.214. The number of anilines is 1. The van der Waals surface area contributed by atoms with Crippen molar-refractivity contribution >= 4 is 29.1 Å². The fourth-order valence-corrected chi connectivity index (χ4v) is 4.72. The zero-order chi connectivity index (χ0) is 24.7. The summed E-state index contributed by atoms with van der Waals surface area (Å²) < 4.78 is 7.48. The van der Waals surface area contributed by atoms with Crippen molar-refractivity contribution in [3.05, 3.63) is 100 Å². The highest BCUT2D eigenvalue weighted by molar-refractivity contribution is 6.30. The van der Waals surface area contributed by atoms with E-state index in [9.17, 15) is 9.59 Å². The number of nitrogens with one attached hydrogen (secondary N) is 1. The molecule has 6 nitrogen and oxygen atoms in total. The Kier molecular flexibility index (Phi) is 5.77. The second-order valence-corrected chi connectivity index (χ2v) is 9.60. The maximum Gasteiger partial charge on any atom is 0.275 e. The van der Waals surface area contributed by atoms with Gasteiger partial charge in [-0.15, -0.1) is 0 Å². The zero-order valence-electron chi connectivity index (χ0n) is 19.8. The Morgan fingerprint density at radius 2 is 1.77 bits per heavy atom. The summed E-state index contributed by atoms with van der Waals surface area (Å²) in [5.74, 6) is 0.165. The molecule has 0 saturated heterocycles. The molecule has 178 valence electrons. The van der Waals surface area contributed by atoms with Gasteiger partial charge in [0.25, 0.3) is 5.91 Å². The summed E-state index contributed by atoms with van der Waals surface area (Å²) in [6.07, 6.45) is 1.60. The normalized spacial score (nSPS) is 17.4. The number of fused-ring (bicyclic) bond motifs is 1. The number of nitrogens with zero attached hydrogens (tertiary/aromatic N) is 2. The van der Waals surface area contributed by atoms with Crippen LogP contribution in [-0.2, 0) is 17.9 Å². The van der Waals surface area contributed by atoms with Gasteiger partial charge in [-0.05, 0) is 86.0 Å². The predicted molar refractivity (Wildman–Crippen MR) is 137 cm³/mol. The molecule has 1 aliphatic rings. The molecule has 0 aliphatic carbocycles. The third kappa shape index (κ3) is 4.04. The van der Waals surface area contributed by atoms with Gasteiger partial charge in [-0.2, -0.15) is 0 Å². The van der Waals surface area contributed by atoms with Crippen LogP contribution in [0.3, 0.4) is 0 Å². The maximum atomic E-state index is 13.9. The van der Waals surface area contributed by atoms with Crippen LogP contribution in [0.25, 0.3) is 11.5 Å². The van der Waals surface area contributed by atoms with Gasteiger partial charge < -0.3 is 14.3 Å². The Morgan fingerprint density at radius 1 is 1.03 bits per heavy atom. The summed E-state index contributed by atoms with van der Waals surface area (Å²) in [6, 6.07) is 20.5. The summed E-state index contributed by atoms with van der Waals surface area (Å²) in [7, 11) is 0. The summed E-state index contributed by atoms with van der Waals surface area (Å²) in [5, 5.41) is 3.68. The van der Waals surface area contributed by atoms with Gasteiger partial charge in [0.1, 0.15) is 17.0 Å². The van der Waals surface area contributed by atoms with E-state index in [-0.39, 0.29) is 18.4 Å². The Labute approximate surface area is 209 Å². The van der Waals surface area contributed by atoms with Gasteiger partial charge >= 0.3 is 0 Å². The molecule has 0 radical (unpaired) electrons. The van der Waals surface area contributed by atoms with E-state index in [2.05, 4.69) is 5.32 Å². The minimum Gasteiger partial charge on any atom is -0.463 e. The molecule has 0 bridgehead atoms. The Morgan fingerprint density at radius 3 is 2.46 bits per heavy atom. The van der Waals surface area contributed by atoms with E-state index in [0.717, 1.165) is 22.4 Å². The number of halogens is 1. The first-order valence-corrected chi connectivity index (χ1v) is 11.8. The molecule has 4 aromatic rings. The van der Waals surface area contributed by atoms with E-state index in [1.165, 1.54) is 0 Å². The van der Waals surface area contributed by atoms with Gasteiger partial charge in [0.05, 0.1) is 18.5 Å². The van der Waals surface area contributed by atoms with Crippen LogP contribution in [0.2, 0.25) is 5.02 Å². The number of carbonyl (C=O) groups excluding carboxylic acids is 2. The van der Waals surface area contributed by atoms with Crippen molar-refractivity contribution in [2.75, 3.05) is 4.90 Å². The van der Waals surface area contributed by atoms with Crippen molar-refractivity contribution in [3.63, 3.8) is 0 Å². The minimum atomic E-state index is -1.18. The smallest absolute Gasteiger partial charge is 0.275 e. The number of furan rings is 1. The van der Waals surface area contributed by atoms with Crippen LogP contribution >= 0.6 is 11.6 Å². The lowest BCUT2D eigenvalue weighted by molar-refractivity contribution is -0.126. The predicted octanol–water partition coefficient (Wildman–Crippen LogP) is 5.75. The van der Waals surface area contributed by atoms with Crippen LogP contribution in [0.15, 0.2) is 77.4 Å². The first-order chi connectivity index (χ1) is 16.8. The summed E-state index contributed by atoms with van der Waals surface area (Å²) in [5.41, 5.74) is 3.87. The van der Waals surface area contributed by atoms with Crippen LogP contribution in [0, 0.1) is 13.8 Å². The molecule has 1 atom stereocenters. The third-order valence-corrected chi connectivity index (χ3v) is 6.99. The van der Waals surface area contributed by atoms with Crippen LogP contribution in [0.5, 0.6) is 0 Å². The van der Waals surface area contributed by atoms with E-state index < -0.39 is 5.54 Å². The van der Waals surface area contributed by atoms with Crippen molar-refractivity contribution < 1.29 is 14.0 Å². The van der Waals surface area contributed by atoms with Crippen LogP contribution in [-0.4, -0.2) is 21.9 Å². The molecule has 0 unspecified atom stereocenters. The number of amides is 2. The summed E-state index contributed by atoms with van der Waals surface area (Å²) in [4.78, 5) is 29.3. The SMILES string of the molecule is Cc1ccc(N2C(=O)c3ccc(-c4ccco4)n3C[C@@]2(C)C(=O)NCc2ccc(Cl)cc2)cc1C. The number of benzene rings is 2. The zero-order valence-corrected chi connectivity index (χ0v) is 20.6. The lowest BCUT2D eigenvalue weighted by atomic mass is 9.93. The van der Waals surface area contributed by atoms with Gasteiger partial charge in [-0.1, -0.05) is 29.8 Å². The van der Waals surface area contributed by atoms with Gasteiger partial charge in [0.2, 0.25) is 5.91 Å². The second kappa shape index (κ2) is 8.78. The summed E-state index contributed by atoms with van der Waals surface area (Å²) in [6.45, 7) is 6.44. The molecule has 35 heavy (non-hydrogen) atoms. The van der Waals surface area contributed by atoms with E-state index in [1.54, 1.807) is 35.4 Å². The molecule has 0 spiro atoms. The molecule has 3 heterocycles. The molecule has 7 heteroatoms. The number of rotatable bonds is 5. The van der Waals surface area contributed by atoms with Crippen molar-refractivity contribution in [1.29, 1.82) is 0 Å². The standard InChI is InChI=1S/C28H26ClN3O3/c1-18-6-11-22(15-19(18)2)32-26(33)24-13-12-23(25-5-4-14-35-25)31(24)17-28(32,3)27(34)30-16-20-7-9-21(29)10-8-20/h4-15H,16-17H2,1-3H3,(H,30,34)/t28-/m0/s1. The molecule has 0 fully saturated rings. The highest BCUT2D eigenvalue weighted by Gasteiger charge is 2.48. The lowest BCUT2D eigenvalue weighted by Crippen LogP contribution is -2.64. The quantitative estimate of drug-likeness (QED) is 0.389. The molecule has 1 aliphatic heterocycles. The first kappa shape index (κ1) is 23.0. The van der Waals surface area contributed by atoms with Gasteiger partial charge in [-0.25, -0.2) is 0 Å². The van der Waals surface area contributed by atoms with Crippen molar-refractivity contribution in [3.8, 4) is 11.5 Å². The maximum absolute atomic E-state index is 13.9. The van der Waals surface area contributed by atoms with E-state index >= 15 is 0 Å². The van der Waals surface area contributed by atoms with Gasteiger partial charge in [0.15, 0.2) is 0 Å². The Hall–Kier alpha value is -3.77. The van der Waals surface area contributed by atoms with E-state index in [4.69, 9.17) is 16.0 Å². The molecule has 1 N–H and O–H groups in total. The molecule has 2 aromatic carbocycles. The number of hydrogen-bond donors (Lipinski definition) is 1. The lowest BCUT2D eigenvalue weighted by Gasteiger charge is -2.44. The molecular weight excluding hydrogens is 462 g/mol. The minimum absolute atomic E-state index is 0.235. The van der Waals surface area contributed by atoms with E-state index in [0.29, 0.717) is 28.7 Å². The fourth-order valence-electron chi connectivity index (χ4n) is 4.60. The number of hydrogen-bond acceptors (Lipinski definition) is 3. The number of carbonyl (C=O) groups is 2. The topological polar surface area (TPSA) is 67.5 Å². The third-order valence-electron chi connectivity index (χ3n) is 6.74. The largest absolute Gasteiger partial charge is 0.463 e. The average molecular weight is 488 g/mol. The van der Waals surface area contributed by atoms with Gasteiger partial charge in [-0.3, -0.25) is 14.5 Å². The van der Waals surface area contributed by atoms with Crippen molar-refractivity contribution in [2.24, 2.45) is 0 Å². The molecule has 0 saturated carbocycles. The second-order valence-electron chi connectivity index (χ2n) is 9.16. The highest BCUT2D eigenvalue weighted by atomic mass is 35.5. The molecule has 5 rings (SSSR count). The monoisotopic (exact) mass is 487 g/mol. The van der Waals surface area contributed by atoms with Crippen LogP contribution in [0.1, 0.15) is 34.1 Å². The number of aromatic nitrogens is 1. The molecular formula is C28H26ClN3O3. The highest BCUT2D eigenvalue weighted by Crippen LogP contribution is 2.37. The van der Waals surface area contributed by atoms with E-state index in [1.807, 2.05) is 67.8 Å². The van der Waals surface area contributed by atoms with Crippen molar-refractivity contribution in [2.45, 2.75) is 39.4 Å². The number of aryl methyl sites for hydroxylation is 2. The Balaban J connectivity index is 1.56. The van der Waals surface area contributed by atoms with Crippen molar-refractivity contribution in [1.82, 2.24) is 9.88 Å².